The third-order valence-corrected chi connectivity index (χ3v) is 6.77. The van der Waals surface area contributed by atoms with Crippen molar-refractivity contribution < 1.29 is 18.8 Å². The Morgan fingerprint density at radius 3 is 2.67 bits per heavy atom. The summed E-state index contributed by atoms with van der Waals surface area (Å²) in [5.74, 6) is -0.409. The predicted octanol–water partition coefficient (Wildman–Crippen LogP) is 2.83. The second-order valence-corrected chi connectivity index (χ2v) is 8.77. The van der Waals surface area contributed by atoms with Crippen LogP contribution < -0.4 is 5.32 Å². The first kappa shape index (κ1) is 20.5. The molecule has 6 nitrogen and oxygen atoms in total. The molecule has 1 fully saturated rings. The molecule has 3 heterocycles. The average Bonchev–Trinajstić information content (AvgIpc) is 3.36. The molecule has 158 valence electrons. The minimum Gasteiger partial charge on any atom is -0.351 e. The summed E-state index contributed by atoms with van der Waals surface area (Å²) in [7, 11) is 0. The highest BCUT2D eigenvalue weighted by Crippen LogP contribution is 2.29. The molecule has 4 rings (SSSR count). The first-order chi connectivity index (χ1) is 14.5. The number of hydrogen-bond donors (Lipinski definition) is 1. The van der Waals surface area contributed by atoms with E-state index >= 15 is 0 Å². The quantitative estimate of drug-likeness (QED) is 0.718. The zero-order chi connectivity index (χ0) is 21.1. The molecule has 2 aromatic rings. The monoisotopic (exact) mass is 429 g/mol. The fourth-order valence-electron chi connectivity index (χ4n) is 3.89. The number of nitrogens with one attached hydrogen (secondary N) is 1. The largest absolute Gasteiger partial charge is 0.351 e. The number of likely N-dealkylation sites (tertiary alicyclic amines) is 1. The van der Waals surface area contributed by atoms with Gasteiger partial charge >= 0.3 is 0 Å². The van der Waals surface area contributed by atoms with Gasteiger partial charge in [0, 0.05) is 49.6 Å². The molecule has 1 saturated heterocycles. The van der Waals surface area contributed by atoms with E-state index in [-0.39, 0.29) is 23.5 Å². The van der Waals surface area contributed by atoms with E-state index in [1.54, 1.807) is 4.90 Å². The lowest BCUT2D eigenvalue weighted by molar-refractivity contribution is -0.127. The van der Waals surface area contributed by atoms with Gasteiger partial charge in [-0.2, -0.15) is 0 Å². The van der Waals surface area contributed by atoms with Crippen LogP contribution in [0.5, 0.6) is 0 Å². The fraction of sp³-hybridized carbons (Fsp3) is 0.409. The van der Waals surface area contributed by atoms with Crippen molar-refractivity contribution in [3.05, 3.63) is 57.0 Å². The van der Waals surface area contributed by atoms with Crippen LogP contribution in [0.1, 0.15) is 49.7 Å². The Morgan fingerprint density at radius 2 is 1.93 bits per heavy atom. The maximum absolute atomic E-state index is 13.1. The minimum absolute atomic E-state index is 0.112. The summed E-state index contributed by atoms with van der Waals surface area (Å²) >= 11 is 1.47. The number of thiophene rings is 1. The van der Waals surface area contributed by atoms with Gasteiger partial charge in [-0.3, -0.25) is 14.4 Å². The predicted molar refractivity (Wildman–Crippen MR) is 112 cm³/mol. The van der Waals surface area contributed by atoms with Crippen LogP contribution in [-0.4, -0.2) is 53.7 Å². The first-order valence-electron chi connectivity index (χ1n) is 10.2. The van der Waals surface area contributed by atoms with E-state index in [2.05, 4.69) is 5.32 Å². The van der Waals surface area contributed by atoms with Gasteiger partial charge in [-0.15, -0.1) is 11.3 Å². The number of rotatable bonds is 6. The molecule has 0 saturated carbocycles. The maximum atomic E-state index is 13.1. The van der Waals surface area contributed by atoms with E-state index < -0.39 is 0 Å². The first-order valence-corrected chi connectivity index (χ1v) is 11.1. The van der Waals surface area contributed by atoms with Crippen LogP contribution in [0, 0.1) is 5.82 Å². The molecule has 2 aliphatic heterocycles. The van der Waals surface area contributed by atoms with Crippen LogP contribution >= 0.6 is 11.3 Å². The van der Waals surface area contributed by atoms with Gasteiger partial charge in [-0.05, 0) is 55.2 Å². The molecule has 30 heavy (non-hydrogen) atoms. The summed E-state index contributed by atoms with van der Waals surface area (Å²) in [5.41, 5.74) is 1.46. The van der Waals surface area contributed by atoms with Crippen LogP contribution in [-0.2, 0) is 17.8 Å². The van der Waals surface area contributed by atoms with Gasteiger partial charge in [0.15, 0.2) is 0 Å². The van der Waals surface area contributed by atoms with Gasteiger partial charge in [0.25, 0.3) is 11.8 Å². The lowest BCUT2D eigenvalue weighted by atomic mass is 10.1. The van der Waals surface area contributed by atoms with E-state index in [0.29, 0.717) is 49.5 Å². The van der Waals surface area contributed by atoms with Crippen molar-refractivity contribution in [1.82, 2.24) is 15.1 Å². The van der Waals surface area contributed by atoms with Gasteiger partial charge < -0.3 is 15.1 Å². The Hall–Kier alpha value is -2.74. The number of carbonyl (C=O) groups is 3. The van der Waals surface area contributed by atoms with Crippen LogP contribution in [0.15, 0.2) is 30.3 Å². The Bertz CT molecular complexity index is 957. The number of fused-ring (bicyclic) bond motifs is 1. The zero-order valence-corrected chi connectivity index (χ0v) is 17.5. The van der Waals surface area contributed by atoms with E-state index in [0.717, 1.165) is 29.8 Å². The highest BCUT2D eigenvalue weighted by atomic mass is 32.1. The van der Waals surface area contributed by atoms with Crippen molar-refractivity contribution in [2.24, 2.45) is 0 Å². The molecule has 3 amide bonds. The number of halogens is 1. The zero-order valence-electron chi connectivity index (χ0n) is 16.7. The maximum Gasteiger partial charge on any atom is 0.261 e. The van der Waals surface area contributed by atoms with Gasteiger partial charge in [-0.25, -0.2) is 4.39 Å². The summed E-state index contributed by atoms with van der Waals surface area (Å²) in [6.45, 7) is 3.06. The Morgan fingerprint density at radius 1 is 1.13 bits per heavy atom. The molecule has 1 aromatic heterocycles. The van der Waals surface area contributed by atoms with Crippen molar-refractivity contribution in [2.75, 3.05) is 26.2 Å². The van der Waals surface area contributed by atoms with Gasteiger partial charge in [0.2, 0.25) is 5.91 Å². The summed E-state index contributed by atoms with van der Waals surface area (Å²) in [5, 5.41) is 2.93. The van der Waals surface area contributed by atoms with Crippen LogP contribution in [0.2, 0.25) is 0 Å². The number of benzene rings is 1. The van der Waals surface area contributed by atoms with Crippen molar-refractivity contribution >= 4 is 29.1 Å². The van der Waals surface area contributed by atoms with E-state index in [1.165, 1.54) is 35.6 Å². The molecule has 0 unspecified atom stereocenters. The van der Waals surface area contributed by atoms with Crippen molar-refractivity contribution in [1.29, 1.82) is 0 Å². The van der Waals surface area contributed by atoms with Gasteiger partial charge in [0.1, 0.15) is 5.82 Å². The Labute approximate surface area is 178 Å². The summed E-state index contributed by atoms with van der Waals surface area (Å²) in [4.78, 5) is 42.1. The molecule has 1 N–H and O–H groups in total. The van der Waals surface area contributed by atoms with Gasteiger partial charge in [0.05, 0.1) is 4.88 Å². The summed E-state index contributed by atoms with van der Waals surface area (Å²) < 4.78 is 13.1. The van der Waals surface area contributed by atoms with Crippen molar-refractivity contribution in [3.8, 4) is 0 Å². The van der Waals surface area contributed by atoms with Crippen LogP contribution in [0.4, 0.5) is 4.39 Å². The highest BCUT2D eigenvalue weighted by Gasteiger charge is 2.25. The molecule has 0 atom stereocenters. The lowest BCUT2D eigenvalue weighted by Crippen LogP contribution is -2.35. The normalized spacial score (nSPS) is 16.0. The van der Waals surface area contributed by atoms with Crippen molar-refractivity contribution in [3.63, 3.8) is 0 Å². The number of amides is 3. The molecule has 0 spiro atoms. The molecule has 0 aliphatic carbocycles. The van der Waals surface area contributed by atoms with E-state index in [4.69, 9.17) is 0 Å². The summed E-state index contributed by atoms with van der Waals surface area (Å²) in [6, 6.07) is 7.43. The SMILES string of the molecule is O=C(NCCCN1CCCC1=O)c1cc2c(s1)CCN(C(=O)c1ccc(F)cc1)C2. The highest BCUT2D eigenvalue weighted by molar-refractivity contribution is 7.14. The Balaban J connectivity index is 1.30. The molecular weight excluding hydrogens is 405 g/mol. The Kier molecular flexibility index (Phi) is 6.13. The third-order valence-electron chi connectivity index (χ3n) is 5.53. The molecule has 0 radical (unpaired) electrons. The number of carbonyl (C=O) groups excluding carboxylic acids is 3. The number of hydrogen-bond acceptors (Lipinski definition) is 4. The van der Waals surface area contributed by atoms with E-state index in [1.807, 2.05) is 11.0 Å². The van der Waals surface area contributed by atoms with E-state index in [9.17, 15) is 18.8 Å². The second-order valence-electron chi connectivity index (χ2n) is 7.64. The molecule has 2 aliphatic rings. The van der Waals surface area contributed by atoms with Gasteiger partial charge in [-0.1, -0.05) is 0 Å². The number of nitrogens with zero attached hydrogens (tertiary/aromatic N) is 2. The van der Waals surface area contributed by atoms with Crippen LogP contribution in [0.3, 0.4) is 0 Å². The average molecular weight is 430 g/mol. The minimum atomic E-state index is -0.368. The lowest BCUT2D eigenvalue weighted by Gasteiger charge is -2.27. The molecule has 1 aromatic carbocycles. The second kappa shape index (κ2) is 8.95. The molecular formula is C22H24FN3O3S. The summed E-state index contributed by atoms with van der Waals surface area (Å²) in [6.07, 6.45) is 3.00. The fourth-order valence-corrected chi connectivity index (χ4v) is 4.97. The van der Waals surface area contributed by atoms with Crippen molar-refractivity contribution in [2.45, 2.75) is 32.2 Å². The van der Waals surface area contributed by atoms with Crippen LogP contribution in [0.25, 0.3) is 0 Å². The molecule has 8 heteroatoms. The molecule has 0 bridgehead atoms. The third kappa shape index (κ3) is 4.53. The standard InChI is InChI=1S/C22H24FN3O3S/c23-17-6-4-15(5-7-17)22(29)26-12-8-18-16(14-26)13-19(30-18)21(28)24-9-2-11-25-10-1-3-20(25)27/h4-7,13H,1-3,8-12,14H2,(H,24,28). The smallest absolute Gasteiger partial charge is 0.261 e. The topological polar surface area (TPSA) is 69.7 Å².